The van der Waals surface area contributed by atoms with Crippen LogP contribution in [0.4, 0.5) is 0 Å². The molecule has 0 aliphatic rings. The summed E-state index contributed by atoms with van der Waals surface area (Å²) in [6, 6.07) is 3.91. The standard InChI is InChI=1S/C9H11NO/c1-8-4-5-9(7-10-8)3-2-6-11/h2-5,7,11H,6H2,1H3/b3-2+. The average molecular weight is 149 g/mol. The molecule has 0 atom stereocenters. The van der Waals surface area contributed by atoms with Crippen LogP contribution in [-0.4, -0.2) is 16.7 Å². The zero-order valence-electron chi connectivity index (χ0n) is 6.49. The summed E-state index contributed by atoms with van der Waals surface area (Å²) in [6.45, 7) is 2.02. The van der Waals surface area contributed by atoms with Crippen LogP contribution in [0.15, 0.2) is 24.4 Å². The molecule has 1 N–H and O–H groups in total. The van der Waals surface area contributed by atoms with Crippen LogP contribution in [0, 0.1) is 6.92 Å². The molecule has 0 saturated heterocycles. The third-order valence-corrected chi connectivity index (χ3v) is 1.35. The second kappa shape index (κ2) is 3.88. The van der Waals surface area contributed by atoms with Crippen molar-refractivity contribution in [2.45, 2.75) is 6.92 Å². The summed E-state index contributed by atoms with van der Waals surface area (Å²) >= 11 is 0. The van der Waals surface area contributed by atoms with Crippen LogP contribution in [0.25, 0.3) is 6.08 Å². The lowest BCUT2D eigenvalue weighted by atomic mass is 10.2. The fraction of sp³-hybridized carbons (Fsp3) is 0.222. The largest absolute Gasteiger partial charge is 0.392 e. The summed E-state index contributed by atoms with van der Waals surface area (Å²) < 4.78 is 0. The molecule has 1 aromatic rings. The molecular weight excluding hydrogens is 138 g/mol. The number of rotatable bonds is 2. The van der Waals surface area contributed by atoms with Crippen molar-refractivity contribution in [2.24, 2.45) is 0 Å². The summed E-state index contributed by atoms with van der Waals surface area (Å²) in [4.78, 5) is 4.10. The zero-order chi connectivity index (χ0) is 8.10. The van der Waals surface area contributed by atoms with Gasteiger partial charge in [-0.25, -0.2) is 0 Å². The van der Waals surface area contributed by atoms with Gasteiger partial charge in [-0.05, 0) is 18.6 Å². The van der Waals surface area contributed by atoms with Crippen LogP contribution in [0.3, 0.4) is 0 Å². The highest BCUT2D eigenvalue weighted by Gasteiger charge is 1.85. The smallest absolute Gasteiger partial charge is 0.0615 e. The van der Waals surface area contributed by atoms with Gasteiger partial charge in [0, 0.05) is 11.9 Å². The summed E-state index contributed by atoms with van der Waals surface area (Å²) in [6.07, 6.45) is 5.31. The number of hydrogen-bond acceptors (Lipinski definition) is 2. The predicted molar refractivity (Wildman–Crippen MR) is 45.1 cm³/mol. The quantitative estimate of drug-likeness (QED) is 0.689. The van der Waals surface area contributed by atoms with Gasteiger partial charge in [0.2, 0.25) is 0 Å². The Kier molecular flexibility index (Phi) is 2.81. The Morgan fingerprint density at radius 2 is 2.36 bits per heavy atom. The minimum absolute atomic E-state index is 0.0773. The maximum absolute atomic E-state index is 8.47. The molecule has 0 bridgehead atoms. The number of aromatic nitrogens is 1. The van der Waals surface area contributed by atoms with E-state index >= 15 is 0 Å². The van der Waals surface area contributed by atoms with Crippen LogP contribution in [0.5, 0.6) is 0 Å². The topological polar surface area (TPSA) is 33.1 Å². The SMILES string of the molecule is Cc1ccc(/C=C/CO)cn1. The first-order valence-corrected chi connectivity index (χ1v) is 3.53. The van der Waals surface area contributed by atoms with Crippen LogP contribution >= 0.6 is 0 Å². The maximum Gasteiger partial charge on any atom is 0.0615 e. The fourth-order valence-electron chi connectivity index (χ4n) is 0.767. The first-order chi connectivity index (χ1) is 5.33. The van der Waals surface area contributed by atoms with Crippen molar-refractivity contribution in [1.29, 1.82) is 0 Å². The highest BCUT2D eigenvalue weighted by Crippen LogP contribution is 2.00. The Labute approximate surface area is 66.2 Å². The van der Waals surface area contributed by atoms with Gasteiger partial charge in [-0.2, -0.15) is 0 Å². The highest BCUT2D eigenvalue weighted by molar-refractivity contribution is 5.47. The summed E-state index contributed by atoms with van der Waals surface area (Å²) in [5, 5.41) is 8.47. The Hall–Kier alpha value is -1.15. The minimum Gasteiger partial charge on any atom is -0.392 e. The Morgan fingerprint density at radius 3 is 2.91 bits per heavy atom. The minimum atomic E-state index is 0.0773. The van der Waals surface area contributed by atoms with Gasteiger partial charge in [-0.3, -0.25) is 4.98 Å². The third kappa shape index (κ3) is 2.51. The van der Waals surface area contributed by atoms with Gasteiger partial charge in [0.05, 0.1) is 6.61 Å². The molecule has 0 fully saturated rings. The second-order valence-corrected chi connectivity index (χ2v) is 2.32. The number of aliphatic hydroxyl groups is 1. The van der Waals surface area contributed by atoms with E-state index in [-0.39, 0.29) is 6.61 Å². The van der Waals surface area contributed by atoms with Crippen molar-refractivity contribution in [3.8, 4) is 0 Å². The van der Waals surface area contributed by atoms with E-state index < -0.39 is 0 Å². The molecule has 0 spiro atoms. The van der Waals surface area contributed by atoms with Crippen LogP contribution < -0.4 is 0 Å². The van der Waals surface area contributed by atoms with Crippen molar-refractivity contribution in [3.63, 3.8) is 0 Å². The van der Waals surface area contributed by atoms with Crippen LogP contribution in [0.2, 0.25) is 0 Å². The molecule has 0 aliphatic carbocycles. The lowest BCUT2D eigenvalue weighted by Crippen LogP contribution is -1.80. The van der Waals surface area contributed by atoms with Gasteiger partial charge in [0.25, 0.3) is 0 Å². The second-order valence-electron chi connectivity index (χ2n) is 2.32. The van der Waals surface area contributed by atoms with E-state index in [0.717, 1.165) is 11.3 Å². The molecule has 2 heteroatoms. The molecule has 0 aliphatic heterocycles. The number of aliphatic hydroxyl groups excluding tert-OH is 1. The van der Waals surface area contributed by atoms with Crippen molar-refractivity contribution in [1.82, 2.24) is 4.98 Å². The molecule has 0 unspecified atom stereocenters. The molecule has 0 saturated carbocycles. The molecule has 0 aromatic carbocycles. The first kappa shape index (κ1) is 7.95. The van der Waals surface area contributed by atoms with Gasteiger partial charge in [0.15, 0.2) is 0 Å². The van der Waals surface area contributed by atoms with Crippen molar-refractivity contribution in [3.05, 3.63) is 35.7 Å². The zero-order valence-corrected chi connectivity index (χ0v) is 6.49. The lowest BCUT2D eigenvalue weighted by Gasteiger charge is -1.92. The molecule has 1 heterocycles. The lowest BCUT2D eigenvalue weighted by molar-refractivity contribution is 0.343. The number of pyridine rings is 1. The summed E-state index contributed by atoms with van der Waals surface area (Å²) in [7, 11) is 0. The number of hydrogen-bond donors (Lipinski definition) is 1. The Bertz CT molecular complexity index is 238. The van der Waals surface area contributed by atoms with Crippen molar-refractivity contribution < 1.29 is 5.11 Å². The van der Waals surface area contributed by atoms with Crippen LogP contribution in [-0.2, 0) is 0 Å². The highest BCUT2D eigenvalue weighted by atomic mass is 16.2. The van der Waals surface area contributed by atoms with Crippen LogP contribution in [0.1, 0.15) is 11.3 Å². The van der Waals surface area contributed by atoms with E-state index in [0.29, 0.717) is 0 Å². The molecule has 58 valence electrons. The molecule has 0 radical (unpaired) electrons. The molecule has 11 heavy (non-hydrogen) atoms. The summed E-state index contributed by atoms with van der Waals surface area (Å²) in [5.41, 5.74) is 2.02. The van der Waals surface area contributed by atoms with E-state index in [9.17, 15) is 0 Å². The predicted octanol–water partition coefficient (Wildman–Crippen LogP) is 1.40. The van der Waals surface area contributed by atoms with Crippen molar-refractivity contribution in [2.75, 3.05) is 6.61 Å². The Balaban J connectivity index is 2.73. The maximum atomic E-state index is 8.47. The fourth-order valence-corrected chi connectivity index (χ4v) is 0.767. The normalized spacial score (nSPS) is 10.7. The molecule has 1 rings (SSSR count). The van der Waals surface area contributed by atoms with E-state index in [1.54, 1.807) is 12.3 Å². The van der Waals surface area contributed by atoms with Gasteiger partial charge in [-0.1, -0.05) is 18.2 Å². The van der Waals surface area contributed by atoms with Crippen molar-refractivity contribution >= 4 is 6.08 Å². The monoisotopic (exact) mass is 149 g/mol. The number of aryl methyl sites for hydroxylation is 1. The van der Waals surface area contributed by atoms with Gasteiger partial charge in [0.1, 0.15) is 0 Å². The molecule has 0 amide bonds. The third-order valence-electron chi connectivity index (χ3n) is 1.35. The van der Waals surface area contributed by atoms with Gasteiger partial charge < -0.3 is 5.11 Å². The van der Waals surface area contributed by atoms with E-state index in [1.165, 1.54) is 0 Å². The van der Waals surface area contributed by atoms with E-state index in [4.69, 9.17) is 5.11 Å². The van der Waals surface area contributed by atoms with E-state index in [1.807, 2.05) is 25.1 Å². The molecule has 1 aromatic heterocycles. The summed E-state index contributed by atoms with van der Waals surface area (Å²) in [5.74, 6) is 0. The van der Waals surface area contributed by atoms with Gasteiger partial charge >= 0.3 is 0 Å². The molecule has 2 nitrogen and oxygen atoms in total. The number of nitrogens with zero attached hydrogens (tertiary/aromatic N) is 1. The van der Waals surface area contributed by atoms with Gasteiger partial charge in [-0.15, -0.1) is 0 Å². The Morgan fingerprint density at radius 1 is 1.55 bits per heavy atom. The average Bonchev–Trinajstić information content (AvgIpc) is 2.04. The molecular formula is C9H11NO. The van der Waals surface area contributed by atoms with E-state index in [2.05, 4.69) is 4.98 Å². The first-order valence-electron chi connectivity index (χ1n) is 3.53.